The highest BCUT2D eigenvalue weighted by molar-refractivity contribution is 7.80. The highest BCUT2D eigenvalue weighted by Gasteiger charge is 2.15. The lowest BCUT2D eigenvalue weighted by atomic mass is 10.1. The number of allylic oxidation sites excluding steroid dienone is 1. The number of thiazole rings is 1. The Morgan fingerprint density at radius 2 is 1.87 bits per heavy atom. The van der Waals surface area contributed by atoms with E-state index >= 15 is 0 Å². The number of aryl methyl sites for hydroxylation is 1. The quantitative estimate of drug-likeness (QED) is 0.293. The largest absolute Gasteiger partial charge is 0.459 e. The first kappa shape index (κ1) is 22.1. The Labute approximate surface area is 187 Å². The zero-order valence-corrected chi connectivity index (χ0v) is 18.2. The first-order valence-corrected chi connectivity index (χ1v) is 10.3. The average Bonchev–Trinajstić information content (AvgIpc) is 3.37. The fourth-order valence-electron chi connectivity index (χ4n) is 2.51. The summed E-state index contributed by atoms with van der Waals surface area (Å²) in [6.45, 7) is 3.15. The molecule has 3 N–H and O–H groups in total. The fourth-order valence-corrected chi connectivity index (χ4v) is 3.65. The number of aromatic nitrogens is 1. The number of thiocarbonyl (C=S) groups is 1. The van der Waals surface area contributed by atoms with Gasteiger partial charge < -0.3 is 15.1 Å². The molecule has 31 heavy (non-hydrogen) atoms. The number of furan rings is 1. The van der Waals surface area contributed by atoms with E-state index in [1.165, 1.54) is 25.3 Å². The first-order valence-electron chi connectivity index (χ1n) is 9.05. The van der Waals surface area contributed by atoms with Crippen LogP contribution in [0.5, 0.6) is 0 Å². The monoisotopic (exact) mass is 454 g/mol. The molecule has 0 fully saturated rings. The molecule has 1 aromatic carbocycles. The van der Waals surface area contributed by atoms with Gasteiger partial charge in [0.1, 0.15) is 0 Å². The van der Waals surface area contributed by atoms with Crippen LogP contribution in [0.2, 0.25) is 0 Å². The molecule has 0 aliphatic heterocycles. The third kappa shape index (κ3) is 6.17. The van der Waals surface area contributed by atoms with Gasteiger partial charge in [-0.05, 0) is 55.0 Å². The number of carbonyl (C=O) groups is 3. The van der Waals surface area contributed by atoms with Gasteiger partial charge in [0, 0.05) is 12.6 Å². The van der Waals surface area contributed by atoms with Gasteiger partial charge in [-0.1, -0.05) is 29.5 Å². The van der Waals surface area contributed by atoms with E-state index in [1.807, 2.05) is 0 Å². The third-order valence-electron chi connectivity index (χ3n) is 3.87. The van der Waals surface area contributed by atoms with Crippen molar-refractivity contribution in [1.82, 2.24) is 10.3 Å². The number of carbonyl (C=O) groups excluding carboxylic acids is 3. The van der Waals surface area contributed by atoms with Crippen LogP contribution in [0, 0.1) is 6.92 Å². The van der Waals surface area contributed by atoms with Crippen LogP contribution >= 0.6 is 23.6 Å². The Morgan fingerprint density at radius 3 is 2.52 bits per heavy atom. The number of hydrogen-bond acceptors (Lipinski definition) is 7. The second-order valence-electron chi connectivity index (χ2n) is 6.32. The first-order chi connectivity index (χ1) is 14.8. The molecule has 10 heteroatoms. The van der Waals surface area contributed by atoms with Gasteiger partial charge in [-0.3, -0.25) is 19.7 Å². The maximum atomic E-state index is 12.6. The van der Waals surface area contributed by atoms with E-state index in [0.29, 0.717) is 21.4 Å². The maximum absolute atomic E-state index is 12.6. The predicted octanol–water partition coefficient (Wildman–Crippen LogP) is 4.03. The molecule has 2 heterocycles. The lowest BCUT2D eigenvalue weighted by Crippen LogP contribution is -2.33. The second kappa shape index (κ2) is 9.92. The minimum Gasteiger partial charge on any atom is -0.459 e. The van der Waals surface area contributed by atoms with E-state index < -0.39 is 5.91 Å². The van der Waals surface area contributed by atoms with Crippen molar-refractivity contribution in [2.75, 3.05) is 10.6 Å². The van der Waals surface area contributed by atoms with Gasteiger partial charge in [-0.2, -0.15) is 0 Å². The van der Waals surface area contributed by atoms with Crippen LogP contribution in [-0.2, 0) is 4.79 Å². The molecule has 3 rings (SSSR count). The van der Waals surface area contributed by atoms with Crippen LogP contribution in [0.25, 0.3) is 6.08 Å². The Kier molecular flexibility index (Phi) is 7.06. The van der Waals surface area contributed by atoms with Crippen molar-refractivity contribution in [2.24, 2.45) is 0 Å². The highest BCUT2D eigenvalue weighted by Crippen LogP contribution is 2.24. The van der Waals surface area contributed by atoms with Crippen molar-refractivity contribution in [3.05, 3.63) is 70.6 Å². The molecule has 0 bridgehead atoms. The minimum absolute atomic E-state index is 0.0453. The van der Waals surface area contributed by atoms with Crippen molar-refractivity contribution >= 4 is 63.2 Å². The van der Waals surface area contributed by atoms with Crippen LogP contribution in [0.15, 0.2) is 53.2 Å². The van der Waals surface area contributed by atoms with Gasteiger partial charge in [0.05, 0.1) is 16.8 Å². The second-order valence-corrected chi connectivity index (χ2v) is 7.73. The van der Waals surface area contributed by atoms with Gasteiger partial charge in [0.2, 0.25) is 5.91 Å². The average molecular weight is 455 g/mol. The summed E-state index contributed by atoms with van der Waals surface area (Å²) in [6, 6.07) is 10.2. The number of nitrogens with zero attached hydrogens (tertiary/aromatic N) is 1. The Bertz CT molecular complexity index is 1150. The van der Waals surface area contributed by atoms with Gasteiger partial charge in [-0.15, -0.1) is 0 Å². The van der Waals surface area contributed by atoms with Crippen molar-refractivity contribution in [2.45, 2.75) is 13.8 Å². The van der Waals surface area contributed by atoms with E-state index in [4.69, 9.17) is 16.6 Å². The van der Waals surface area contributed by atoms with Crippen LogP contribution < -0.4 is 16.0 Å². The van der Waals surface area contributed by atoms with Gasteiger partial charge in [-0.25, -0.2) is 4.98 Å². The molecule has 0 spiro atoms. The summed E-state index contributed by atoms with van der Waals surface area (Å²) in [6.07, 6.45) is 4.52. The topological polar surface area (TPSA) is 113 Å². The summed E-state index contributed by atoms with van der Waals surface area (Å²) in [5.74, 6) is -0.715. The van der Waals surface area contributed by atoms with Gasteiger partial charge in [0.15, 0.2) is 21.8 Å². The highest BCUT2D eigenvalue weighted by atomic mass is 32.1. The normalized spacial score (nSPS) is 10.6. The molecule has 0 saturated carbocycles. The summed E-state index contributed by atoms with van der Waals surface area (Å²) in [4.78, 5) is 40.3. The number of anilines is 2. The zero-order chi connectivity index (χ0) is 22.4. The number of amides is 2. The van der Waals surface area contributed by atoms with Crippen molar-refractivity contribution in [3.63, 3.8) is 0 Å². The summed E-state index contributed by atoms with van der Waals surface area (Å²) < 4.78 is 5.00. The van der Waals surface area contributed by atoms with E-state index in [0.717, 1.165) is 16.9 Å². The van der Waals surface area contributed by atoms with E-state index in [1.54, 1.807) is 43.3 Å². The van der Waals surface area contributed by atoms with Crippen molar-refractivity contribution in [3.8, 4) is 0 Å². The Morgan fingerprint density at radius 1 is 1.13 bits per heavy atom. The number of nitrogens with one attached hydrogen (secondary N) is 3. The molecule has 0 atom stereocenters. The number of benzene rings is 1. The Balaban J connectivity index is 1.61. The lowest BCUT2D eigenvalue weighted by molar-refractivity contribution is -0.114. The summed E-state index contributed by atoms with van der Waals surface area (Å²) in [5.41, 5.74) is 2.04. The van der Waals surface area contributed by atoms with E-state index in [2.05, 4.69) is 20.9 Å². The van der Waals surface area contributed by atoms with Gasteiger partial charge >= 0.3 is 0 Å². The smallest absolute Gasteiger partial charge is 0.293 e. The molecule has 3 aromatic rings. The summed E-state index contributed by atoms with van der Waals surface area (Å²) >= 11 is 6.25. The molecule has 0 saturated heterocycles. The summed E-state index contributed by atoms with van der Waals surface area (Å²) in [7, 11) is 0. The molecule has 8 nitrogen and oxygen atoms in total. The summed E-state index contributed by atoms with van der Waals surface area (Å²) in [5, 5.41) is 8.40. The number of rotatable bonds is 6. The van der Waals surface area contributed by atoms with Crippen molar-refractivity contribution in [1.29, 1.82) is 0 Å². The fraction of sp³-hybridized carbons (Fsp3) is 0.0952. The van der Waals surface area contributed by atoms with Crippen LogP contribution in [0.4, 0.5) is 10.8 Å². The minimum atomic E-state index is -0.487. The van der Waals surface area contributed by atoms with Crippen molar-refractivity contribution < 1.29 is 18.8 Å². The SMILES string of the molecule is CC(=O)Nc1ccc(/C=C/C(=O)c2sc(NC(=S)NC(=O)c3ccco3)nc2C)cc1. The van der Waals surface area contributed by atoms with Crippen LogP contribution in [0.3, 0.4) is 0 Å². The molecule has 2 aromatic heterocycles. The number of hydrogen-bond donors (Lipinski definition) is 3. The van der Waals surface area contributed by atoms with E-state index in [9.17, 15) is 14.4 Å². The Hall–Kier alpha value is -3.63. The van der Waals surface area contributed by atoms with Gasteiger partial charge in [0.25, 0.3) is 5.91 Å². The number of ketones is 1. The van der Waals surface area contributed by atoms with E-state index in [-0.39, 0.29) is 22.6 Å². The molecular weight excluding hydrogens is 436 g/mol. The van der Waals surface area contributed by atoms with Crippen LogP contribution in [0.1, 0.15) is 38.4 Å². The predicted molar refractivity (Wildman–Crippen MR) is 123 cm³/mol. The molecule has 0 aliphatic rings. The molecule has 0 radical (unpaired) electrons. The zero-order valence-electron chi connectivity index (χ0n) is 16.6. The molecule has 0 aliphatic carbocycles. The third-order valence-corrected chi connectivity index (χ3v) is 5.16. The molecule has 158 valence electrons. The molecular formula is C21H18N4O4S2. The lowest BCUT2D eigenvalue weighted by Gasteiger charge is -2.05. The molecule has 2 amide bonds. The molecule has 0 unspecified atom stereocenters. The van der Waals surface area contributed by atoms with Crippen LogP contribution in [-0.4, -0.2) is 27.7 Å². The standard InChI is InChI=1S/C21H18N4O4S2/c1-12-18(16(27)10-7-14-5-8-15(9-6-14)23-13(2)26)31-21(22-12)25-20(30)24-19(28)17-4-3-11-29-17/h3-11H,1-2H3,(H,23,26)(H2,22,24,25,28,30)/b10-7+. The maximum Gasteiger partial charge on any atom is 0.293 e.